The van der Waals surface area contributed by atoms with Crippen molar-refractivity contribution in [1.29, 1.82) is 0 Å². The number of fused-ring (bicyclic) bond motifs is 1. The Morgan fingerprint density at radius 3 is 2.56 bits per heavy atom. The Hall–Kier alpha value is -3.24. The Morgan fingerprint density at radius 2 is 1.93 bits per heavy atom. The van der Waals surface area contributed by atoms with Gasteiger partial charge in [0, 0.05) is 24.8 Å². The first-order valence-corrected chi connectivity index (χ1v) is 14.4. The van der Waals surface area contributed by atoms with Gasteiger partial charge in [-0.05, 0) is 85.0 Å². The first kappa shape index (κ1) is 27.9. The summed E-state index contributed by atoms with van der Waals surface area (Å²) in [6, 6.07) is 9.68. The largest absolute Gasteiger partial charge is 0.416 e. The molecule has 2 fully saturated rings. The van der Waals surface area contributed by atoms with Crippen LogP contribution in [0.25, 0.3) is 0 Å². The topological polar surface area (TPSA) is 74.5 Å². The number of alkyl halides is 3. The summed E-state index contributed by atoms with van der Waals surface area (Å²) in [5, 5.41) is 18.8. The molecule has 10 heteroatoms. The molecule has 1 saturated heterocycles. The molecule has 3 aliphatic rings. The molecule has 0 radical (unpaired) electrons. The van der Waals surface area contributed by atoms with Crippen LogP contribution >= 0.6 is 0 Å². The number of benzene rings is 2. The second-order valence-corrected chi connectivity index (χ2v) is 12.3. The summed E-state index contributed by atoms with van der Waals surface area (Å²) in [6.45, 7) is 5.21. The van der Waals surface area contributed by atoms with Crippen LogP contribution in [0.2, 0.25) is 0 Å². The number of carbonyl (C=O) groups excluding carboxylic acids is 1. The number of aliphatic hydroxyl groups is 1. The molecule has 1 aromatic heterocycles. The van der Waals surface area contributed by atoms with Crippen LogP contribution in [0.1, 0.15) is 84.0 Å². The molecule has 3 aromatic rings. The van der Waals surface area contributed by atoms with Gasteiger partial charge in [-0.15, -0.1) is 10.2 Å². The number of aliphatic hydroxyl groups excluding tert-OH is 1. The van der Waals surface area contributed by atoms with Gasteiger partial charge in [0.05, 0.1) is 30.2 Å². The van der Waals surface area contributed by atoms with Gasteiger partial charge in [-0.2, -0.15) is 13.2 Å². The first-order chi connectivity index (χ1) is 19.5. The van der Waals surface area contributed by atoms with E-state index in [1.54, 1.807) is 18.5 Å². The molecule has 0 spiro atoms. The number of carbonyl (C=O) groups is 1. The number of halogens is 3. The highest BCUT2D eigenvalue weighted by atomic mass is 19.4. The molecule has 1 N–H and O–H groups in total. The summed E-state index contributed by atoms with van der Waals surface area (Å²) in [4.78, 5) is 17.3. The van der Waals surface area contributed by atoms with Crippen LogP contribution < -0.4 is 4.90 Å². The van der Waals surface area contributed by atoms with E-state index in [0.29, 0.717) is 36.2 Å². The summed E-state index contributed by atoms with van der Waals surface area (Å²) in [5.74, 6) is 1.27. The minimum Gasteiger partial charge on any atom is -0.394 e. The number of nitrogens with zero attached hydrogens (tertiary/aromatic N) is 5. The van der Waals surface area contributed by atoms with Crippen LogP contribution in [0.4, 0.5) is 18.9 Å². The number of hydrogen-bond acceptors (Lipinski definition) is 5. The molecule has 1 unspecified atom stereocenters. The van der Waals surface area contributed by atoms with Gasteiger partial charge >= 0.3 is 6.18 Å². The number of amides is 1. The van der Waals surface area contributed by atoms with Crippen molar-refractivity contribution in [3.05, 3.63) is 76.4 Å². The standard InChI is InChI=1S/C31H36F3N5O2/c1-19-6-5-9-38(15-19)27(17-40)21-10-24-25(26(11-21)31(32,33)34)16-39(28(24)41)23-8-4-7-22(12-23)30(13-20(2)14-30)29-36-35-18-37(29)3/h4,7-8,10-12,18-20,27,40H,5-6,9,13-17H2,1-3H3/t19-,20?,27?,30?/m0/s1. The van der Waals surface area contributed by atoms with E-state index in [1.807, 2.05) is 34.7 Å². The number of anilines is 1. The van der Waals surface area contributed by atoms with Gasteiger partial charge in [0.2, 0.25) is 0 Å². The highest BCUT2D eigenvalue weighted by Gasteiger charge is 2.48. The summed E-state index contributed by atoms with van der Waals surface area (Å²) >= 11 is 0. The SMILES string of the molecule is CC1CC(c2cccc(N3Cc4c(cc(C(CO)N5CCC[C@H](C)C5)cc4C(F)(F)F)C3=O)c2)(c2nncn2C)C1. The average Bonchev–Trinajstić information content (AvgIpc) is 3.49. The fraction of sp³-hybridized carbons (Fsp3) is 0.516. The molecule has 0 bridgehead atoms. The fourth-order valence-electron chi connectivity index (χ4n) is 7.39. The van der Waals surface area contributed by atoms with Crippen molar-refractivity contribution in [2.75, 3.05) is 24.6 Å². The number of hydrogen-bond donors (Lipinski definition) is 1. The number of aryl methyl sites for hydroxylation is 1. The predicted octanol–water partition coefficient (Wildman–Crippen LogP) is 5.48. The van der Waals surface area contributed by atoms with Gasteiger partial charge in [0.1, 0.15) is 12.2 Å². The summed E-state index contributed by atoms with van der Waals surface area (Å²) in [6.07, 6.45) is 0.755. The molecular formula is C31H36F3N5O2. The number of piperidine rings is 1. The average molecular weight is 568 g/mol. The Bertz CT molecular complexity index is 1460. The molecule has 2 aliphatic heterocycles. The zero-order chi connectivity index (χ0) is 29.1. The zero-order valence-electron chi connectivity index (χ0n) is 23.7. The summed E-state index contributed by atoms with van der Waals surface area (Å²) < 4.78 is 45.2. The Morgan fingerprint density at radius 1 is 1.15 bits per heavy atom. The minimum absolute atomic E-state index is 0.0133. The van der Waals surface area contributed by atoms with E-state index < -0.39 is 23.7 Å². The lowest BCUT2D eigenvalue weighted by Gasteiger charge is -2.46. The molecule has 218 valence electrons. The second-order valence-electron chi connectivity index (χ2n) is 12.3. The van der Waals surface area contributed by atoms with E-state index in [4.69, 9.17) is 0 Å². The summed E-state index contributed by atoms with van der Waals surface area (Å²) in [5.41, 5.74) is 0.753. The molecule has 2 aromatic carbocycles. The van der Waals surface area contributed by atoms with Crippen LogP contribution in [0.15, 0.2) is 42.7 Å². The van der Waals surface area contributed by atoms with Crippen molar-refractivity contribution < 1.29 is 23.1 Å². The van der Waals surface area contributed by atoms with Crippen molar-refractivity contribution in [2.45, 2.75) is 63.7 Å². The van der Waals surface area contributed by atoms with Crippen molar-refractivity contribution in [1.82, 2.24) is 19.7 Å². The Labute approximate surface area is 238 Å². The fourth-order valence-corrected chi connectivity index (χ4v) is 7.39. The molecule has 41 heavy (non-hydrogen) atoms. The highest BCUT2D eigenvalue weighted by Crippen LogP contribution is 2.52. The third-order valence-corrected chi connectivity index (χ3v) is 9.30. The lowest BCUT2D eigenvalue weighted by molar-refractivity contribution is -0.138. The van der Waals surface area contributed by atoms with Crippen molar-refractivity contribution in [3.63, 3.8) is 0 Å². The Balaban J connectivity index is 1.38. The van der Waals surface area contributed by atoms with E-state index in [0.717, 1.165) is 43.1 Å². The number of aromatic nitrogens is 3. The van der Waals surface area contributed by atoms with Crippen LogP contribution in [0.3, 0.4) is 0 Å². The lowest BCUT2D eigenvalue weighted by Crippen LogP contribution is -2.43. The quantitative estimate of drug-likeness (QED) is 0.427. The van der Waals surface area contributed by atoms with Crippen LogP contribution in [-0.2, 0) is 25.2 Å². The molecule has 1 amide bonds. The van der Waals surface area contributed by atoms with Gasteiger partial charge in [-0.1, -0.05) is 26.0 Å². The van der Waals surface area contributed by atoms with Crippen LogP contribution in [-0.4, -0.2) is 50.4 Å². The molecular weight excluding hydrogens is 531 g/mol. The van der Waals surface area contributed by atoms with E-state index in [-0.39, 0.29) is 29.7 Å². The lowest BCUT2D eigenvalue weighted by atomic mass is 9.58. The van der Waals surface area contributed by atoms with Crippen molar-refractivity contribution >= 4 is 11.6 Å². The number of rotatable bonds is 6. The van der Waals surface area contributed by atoms with Crippen molar-refractivity contribution in [2.24, 2.45) is 18.9 Å². The third kappa shape index (κ3) is 4.74. The molecule has 7 nitrogen and oxygen atoms in total. The maximum atomic E-state index is 14.4. The minimum atomic E-state index is -4.63. The molecule has 3 heterocycles. The smallest absolute Gasteiger partial charge is 0.394 e. The molecule has 1 saturated carbocycles. The van der Waals surface area contributed by atoms with Gasteiger partial charge in [0.25, 0.3) is 5.91 Å². The van der Waals surface area contributed by atoms with E-state index in [9.17, 15) is 23.1 Å². The van der Waals surface area contributed by atoms with E-state index in [1.165, 1.54) is 4.90 Å². The monoisotopic (exact) mass is 567 g/mol. The second kappa shape index (κ2) is 10.2. The third-order valence-electron chi connectivity index (χ3n) is 9.30. The Kier molecular flexibility index (Phi) is 6.97. The van der Waals surface area contributed by atoms with E-state index in [2.05, 4.69) is 24.0 Å². The van der Waals surface area contributed by atoms with Gasteiger partial charge in [-0.25, -0.2) is 0 Å². The van der Waals surface area contributed by atoms with Crippen LogP contribution in [0, 0.1) is 11.8 Å². The highest BCUT2D eigenvalue weighted by molar-refractivity contribution is 6.10. The normalized spacial score (nSPS) is 25.7. The van der Waals surface area contributed by atoms with Gasteiger partial charge in [0.15, 0.2) is 0 Å². The molecule has 6 rings (SSSR count). The zero-order valence-corrected chi connectivity index (χ0v) is 23.7. The maximum Gasteiger partial charge on any atom is 0.416 e. The van der Waals surface area contributed by atoms with Gasteiger partial charge in [-0.3, -0.25) is 9.69 Å². The summed E-state index contributed by atoms with van der Waals surface area (Å²) in [7, 11) is 1.91. The molecule has 1 aliphatic carbocycles. The van der Waals surface area contributed by atoms with Crippen molar-refractivity contribution in [3.8, 4) is 0 Å². The number of likely N-dealkylation sites (tertiary alicyclic amines) is 1. The van der Waals surface area contributed by atoms with Gasteiger partial charge < -0.3 is 14.6 Å². The first-order valence-electron chi connectivity index (χ1n) is 14.4. The van der Waals surface area contributed by atoms with Crippen LogP contribution in [0.5, 0.6) is 0 Å². The van der Waals surface area contributed by atoms with E-state index >= 15 is 0 Å². The maximum absolute atomic E-state index is 14.4. The predicted molar refractivity (Wildman–Crippen MR) is 148 cm³/mol. The molecule has 2 atom stereocenters.